The molecular weight excluding hydrogens is 271 g/mol. The van der Waals surface area contributed by atoms with Gasteiger partial charge in [0.25, 0.3) is 0 Å². The van der Waals surface area contributed by atoms with Gasteiger partial charge in [0, 0.05) is 0 Å². The summed E-state index contributed by atoms with van der Waals surface area (Å²) in [6.45, 7) is 4.58. The number of rotatable bonds is 1. The van der Waals surface area contributed by atoms with Crippen LogP contribution in [0.4, 0.5) is 5.69 Å². The predicted octanol–water partition coefficient (Wildman–Crippen LogP) is 1.01. The monoisotopic (exact) mass is 292 g/mol. The zero-order valence-electron chi connectivity index (χ0n) is 10.3. The molecule has 0 aromatic heterocycles. The number of nitrogens with one attached hydrogen (secondary N) is 1. The van der Waals surface area contributed by atoms with Crippen molar-refractivity contribution in [1.82, 2.24) is 5.32 Å². The van der Waals surface area contributed by atoms with Crippen molar-refractivity contribution in [2.75, 3.05) is 31.1 Å². The van der Waals surface area contributed by atoms with Crippen LogP contribution in [0.5, 0.6) is 0 Å². The van der Waals surface area contributed by atoms with Gasteiger partial charge in [-0.2, -0.15) is 0 Å². The summed E-state index contributed by atoms with van der Waals surface area (Å²) in [7, 11) is 0. The third kappa shape index (κ3) is 2.39. The first-order valence-electron chi connectivity index (χ1n) is 6.66. The number of hydrogen-bond donors (Lipinski definition) is 1. The van der Waals surface area contributed by atoms with E-state index in [0.717, 1.165) is 30.9 Å². The Bertz CT molecular complexity index is 399. The molecule has 1 aromatic rings. The second-order valence-corrected chi connectivity index (χ2v) is 7.13. The number of fused-ring (bicyclic) bond motifs is 1. The van der Waals surface area contributed by atoms with Gasteiger partial charge in [-0.15, -0.1) is 0 Å². The van der Waals surface area contributed by atoms with E-state index in [1.54, 1.807) is 11.1 Å². The zero-order valence-corrected chi connectivity index (χ0v) is 12.7. The Kier molecular flexibility index (Phi) is 3.44. The Morgan fingerprint density at radius 1 is 1.24 bits per heavy atom. The number of benzene rings is 1. The van der Waals surface area contributed by atoms with Crippen LogP contribution in [-0.4, -0.2) is 43.0 Å². The van der Waals surface area contributed by atoms with E-state index in [9.17, 15) is 0 Å². The summed E-state index contributed by atoms with van der Waals surface area (Å²) in [4.78, 5) is 2.57. The Morgan fingerprint density at radius 2 is 2.06 bits per heavy atom. The topological polar surface area (TPSA) is 15.3 Å². The van der Waals surface area contributed by atoms with Crippen LogP contribution < -0.4 is 10.2 Å². The molecule has 17 heavy (non-hydrogen) atoms. The molecule has 1 heterocycles. The van der Waals surface area contributed by atoms with Crippen LogP contribution in [-0.2, 0) is 12.8 Å². The molecule has 92 valence electrons. The third-order valence-corrected chi connectivity index (χ3v) is 5.15. The molecule has 1 N–H and O–H groups in total. The van der Waals surface area contributed by atoms with Gasteiger partial charge in [0.2, 0.25) is 0 Å². The quantitative estimate of drug-likeness (QED) is 0.777. The number of hydrogen-bond acceptors (Lipinski definition) is 2. The van der Waals surface area contributed by atoms with Crippen molar-refractivity contribution in [1.29, 1.82) is 0 Å². The average Bonchev–Trinajstić information content (AvgIpc) is 2.39. The molecule has 1 aliphatic carbocycles. The van der Waals surface area contributed by atoms with E-state index in [0.29, 0.717) is 0 Å². The summed E-state index contributed by atoms with van der Waals surface area (Å²) < 4.78 is 0.916. The van der Waals surface area contributed by atoms with Crippen molar-refractivity contribution in [3.63, 3.8) is 0 Å². The number of nitrogens with zero attached hydrogens (tertiary/aromatic N) is 1. The van der Waals surface area contributed by atoms with E-state index < -0.39 is 0 Å². The minimum absolute atomic E-state index is 0.916. The SMILES string of the molecule is [AsH2]C1CCc2cccc(N3CCNCC3)c2C1. The van der Waals surface area contributed by atoms with Gasteiger partial charge in [-0.1, -0.05) is 0 Å². The molecule has 1 saturated heterocycles. The van der Waals surface area contributed by atoms with Crippen molar-refractivity contribution in [2.24, 2.45) is 0 Å². The van der Waals surface area contributed by atoms with Gasteiger partial charge in [0.15, 0.2) is 0 Å². The molecule has 1 fully saturated rings. The fourth-order valence-electron chi connectivity index (χ4n) is 3.00. The molecule has 1 aromatic carbocycles. The fraction of sp³-hybridized carbons (Fsp3) is 0.571. The zero-order chi connectivity index (χ0) is 11.7. The number of piperazine rings is 1. The minimum atomic E-state index is 0.916. The first kappa shape index (κ1) is 11.6. The predicted molar refractivity (Wildman–Crippen MR) is 75.8 cm³/mol. The van der Waals surface area contributed by atoms with Crippen LogP contribution in [0.15, 0.2) is 18.2 Å². The standard InChI is InChI=1S/C14H21AsN2/c15-12-5-4-11-2-1-3-14(13(11)10-12)17-8-6-16-7-9-17/h1-3,12,16H,4-10,15H2. The molecule has 1 aliphatic heterocycles. The number of anilines is 1. The molecular formula is C14H21AsN2. The maximum absolute atomic E-state index is 3.43. The molecule has 2 aliphatic rings. The van der Waals surface area contributed by atoms with Gasteiger partial charge in [0.1, 0.15) is 0 Å². The Hall–Kier alpha value is -0.462. The van der Waals surface area contributed by atoms with Crippen LogP contribution in [0.25, 0.3) is 0 Å². The summed E-state index contributed by atoms with van der Waals surface area (Å²) in [5, 5.41) is 3.43. The molecule has 0 amide bonds. The Labute approximate surface area is 112 Å². The molecule has 2 nitrogen and oxygen atoms in total. The first-order valence-corrected chi connectivity index (χ1v) is 8.06. The molecule has 0 radical (unpaired) electrons. The van der Waals surface area contributed by atoms with Crippen molar-refractivity contribution in [3.8, 4) is 0 Å². The van der Waals surface area contributed by atoms with Crippen LogP contribution in [0.1, 0.15) is 17.5 Å². The molecule has 3 heteroatoms. The van der Waals surface area contributed by atoms with Crippen LogP contribution >= 0.6 is 0 Å². The van der Waals surface area contributed by atoms with Gasteiger partial charge in [-0.25, -0.2) is 0 Å². The number of aryl methyl sites for hydroxylation is 1. The molecule has 0 bridgehead atoms. The van der Waals surface area contributed by atoms with Crippen LogP contribution in [0.2, 0.25) is 4.71 Å². The molecule has 0 saturated carbocycles. The molecule has 2 atom stereocenters. The van der Waals surface area contributed by atoms with Gasteiger partial charge >= 0.3 is 112 Å². The molecule has 2 unspecified atom stereocenters. The second kappa shape index (κ2) is 5.04. The average molecular weight is 292 g/mol. The van der Waals surface area contributed by atoms with Gasteiger partial charge in [0.05, 0.1) is 0 Å². The van der Waals surface area contributed by atoms with Crippen molar-refractivity contribution in [3.05, 3.63) is 29.3 Å². The van der Waals surface area contributed by atoms with Crippen molar-refractivity contribution < 1.29 is 0 Å². The second-order valence-electron chi connectivity index (χ2n) is 5.15. The summed E-state index contributed by atoms with van der Waals surface area (Å²) >= 11 is 1.92. The Morgan fingerprint density at radius 3 is 2.88 bits per heavy atom. The van der Waals surface area contributed by atoms with Crippen molar-refractivity contribution in [2.45, 2.75) is 24.0 Å². The van der Waals surface area contributed by atoms with Crippen LogP contribution in [0.3, 0.4) is 0 Å². The van der Waals surface area contributed by atoms with Gasteiger partial charge < -0.3 is 0 Å². The van der Waals surface area contributed by atoms with Gasteiger partial charge in [-0.05, 0) is 0 Å². The van der Waals surface area contributed by atoms with E-state index in [1.165, 1.54) is 24.9 Å². The summed E-state index contributed by atoms with van der Waals surface area (Å²) in [5.41, 5.74) is 4.77. The van der Waals surface area contributed by atoms with E-state index in [2.05, 4.69) is 28.4 Å². The van der Waals surface area contributed by atoms with E-state index >= 15 is 0 Å². The summed E-state index contributed by atoms with van der Waals surface area (Å²) in [6.07, 6.45) is 3.98. The van der Waals surface area contributed by atoms with Crippen molar-refractivity contribution >= 4 is 22.5 Å². The van der Waals surface area contributed by atoms with E-state index in [-0.39, 0.29) is 0 Å². The molecule has 3 rings (SSSR count). The Balaban J connectivity index is 1.93. The van der Waals surface area contributed by atoms with E-state index in [1.807, 2.05) is 16.9 Å². The van der Waals surface area contributed by atoms with Crippen LogP contribution in [0, 0.1) is 0 Å². The fourth-order valence-corrected chi connectivity index (χ4v) is 3.84. The molecule has 0 spiro atoms. The summed E-state index contributed by atoms with van der Waals surface area (Å²) in [6, 6.07) is 6.91. The maximum atomic E-state index is 3.43. The summed E-state index contributed by atoms with van der Waals surface area (Å²) in [5.74, 6) is 0. The normalized spacial score (nSPS) is 24.5. The third-order valence-electron chi connectivity index (χ3n) is 3.96. The first-order chi connectivity index (χ1) is 8.34. The van der Waals surface area contributed by atoms with E-state index in [4.69, 9.17) is 0 Å². The van der Waals surface area contributed by atoms with Gasteiger partial charge in [-0.3, -0.25) is 0 Å².